The van der Waals surface area contributed by atoms with Gasteiger partial charge < -0.3 is 24.5 Å². The second-order valence-corrected chi connectivity index (χ2v) is 8.69. The summed E-state index contributed by atoms with van der Waals surface area (Å²) in [4.78, 5) is 40.1. The Hall–Kier alpha value is -3.30. The smallest absolute Gasteiger partial charge is 0.255 e. The van der Waals surface area contributed by atoms with Crippen LogP contribution in [0.2, 0.25) is 0 Å². The maximum atomic E-state index is 14.6. The Morgan fingerprint density at radius 1 is 1.26 bits per heavy atom. The number of nitrogens with one attached hydrogen (secondary N) is 1. The monoisotopic (exact) mass is 483 g/mol. The first-order chi connectivity index (χ1) is 17.0. The Kier molecular flexibility index (Phi) is 8.09. The molecule has 1 atom stereocenters. The number of carbonyl (C=O) groups excluding carboxylic acids is 3. The molecule has 8 nitrogen and oxygen atoms in total. The number of likely N-dealkylation sites (N-methyl/N-ethyl adjacent to an activating group) is 1. The molecule has 0 spiro atoms. The predicted molar refractivity (Wildman–Crippen MR) is 126 cm³/mol. The highest BCUT2D eigenvalue weighted by Gasteiger charge is 2.37. The molecule has 4 rings (SSSR count). The highest BCUT2D eigenvalue weighted by Crippen LogP contribution is 2.33. The molecule has 186 valence electrons. The molecule has 2 aliphatic rings. The Bertz CT molecular complexity index is 1090. The number of aldehydes is 1. The van der Waals surface area contributed by atoms with Crippen LogP contribution in [0.25, 0.3) is 0 Å². The van der Waals surface area contributed by atoms with Crippen LogP contribution in [0.5, 0.6) is 5.75 Å². The van der Waals surface area contributed by atoms with Crippen LogP contribution in [-0.2, 0) is 34.0 Å². The van der Waals surface area contributed by atoms with Gasteiger partial charge in [0.25, 0.3) is 5.91 Å². The molecular formula is C26H30FN3O5. The van der Waals surface area contributed by atoms with Gasteiger partial charge in [0.05, 0.1) is 19.8 Å². The molecule has 1 N–H and O–H groups in total. The van der Waals surface area contributed by atoms with Crippen molar-refractivity contribution in [1.29, 1.82) is 0 Å². The van der Waals surface area contributed by atoms with Crippen LogP contribution in [0.15, 0.2) is 36.4 Å². The van der Waals surface area contributed by atoms with E-state index in [1.807, 2.05) is 6.07 Å². The lowest BCUT2D eigenvalue weighted by Crippen LogP contribution is -2.46. The third-order valence-corrected chi connectivity index (χ3v) is 6.44. The Balaban J connectivity index is 1.48. The zero-order chi connectivity index (χ0) is 24.8. The van der Waals surface area contributed by atoms with Gasteiger partial charge in [-0.2, -0.15) is 0 Å². The molecule has 0 aliphatic carbocycles. The first kappa shape index (κ1) is 24.8. The van der Waals surface area contributed by atoms with Gasteiger partial charge in [-0.25, -0.2) is 4.39 Å². The van der Waals surface area contributed by atoms with Gasteiger partial charge >= 0.3 is 0 Å². The van der Waals surface area contributed by atoms with Crippen molar-refractivity contribution in [3.05, 3.63) is 64.5 Å². The van der Waals surface area contributed by atoms with E-state index >= 15 is 0 Å². The molecule has 1 saturated heterocycles. The number of fused-ring (bicyclic) bond motifs is 1. The summed E-state index contributed by atoms with van der Waals surface area (Å²) in [6.07, 6.45) is 1.14. The van der Waals surface area contributed by atoms with Gasteiger partial charge in [0.2, 0.25) is 5.91 Å². The van der Waals surface area contributed by atoms with E-state index < -0.39 is 6.04 Å². The molecule has 2 heterocycles. The summed E-state index contributed by atoms with van der Waals surface area (Å²) < 4.78 is 25.9. The van der Waals surface area contributed by atoms with Gasteiger partial charge in [-0.1, -0.05) is 12.1 Å². The van der Waals surface area contributed by atoms with Crippen LogP contribution in [0.3, 0.4) is 0 Å². The van der Waals surface area contributed by atoms with Gasteiger partial charge in [-0.3, -0.25) is 14.5 Å². The lowest BCUT2D eigenvalue weighted by Gasteiger charge is -2.26. The zero-order valence-corrected chi connectivity index (χ0v) is 19.8. The van der Waals surface area contributed by atoms with Crippen molar-refractivity contribution in [3.63, 3.8) is 0 Å². The second-order valence-electron chi connectivity index (χ2n) is 8.69. The molecular weight excluding hydrogens is 453 g/mol. The minimum atomic E-state index is -0.757. The Morgan fingerprint density at radius 2 is 2.06 bits per heavy atom. The fourth-order valence-electron chi connectivity index (χ4n) is 4.54. The highest BCUT2D eigenvalue weighted by molar-refractivity contribution is 6.01. The molecule has 1 fully saturated rings. The number of ether oxygens (including phenoxy) is 2. The highest BCUT2D eigenvalue weighted by atomic mass is 19.1. The summed E-state index contributed by atoms with van der Waals surface area (Å²) in [6.45, 7) is 3.98. The van der Waals surface area contributed by atoms with E-state index in [0.29, 0.717) is 42.2 Å². The molecule has 2 aromatic carbocycles. The molecule has 0 saturated carbocycles. The number of hydrogen-bond donors (Lipinski definition) is 1. The zero-order valence-electron chi connectivity index (χ0n) is 19.8. The number of nitrogens with zero attached hydrogens (tertiary/aromatic N) is 2. The molecule has 9 heteroatoms. The van der Waals surface area contributed by atoms with Crippen LogP contribution < -0.4 is 10.1 Å². The number of amides is 2. The van der Waals surface area contributed by atoms with Crippen molar-refractivity contribution < 1.29 is 28.2 Å². The average Bonchev–Trinajstić information content (AvgIpc) is 3.21. The third-order valence-electron chi connectivity index (χ3n) is 6.44. The molecule has 1 unspecified atom stereocenters. The van der Waals surface area contributed by atoms with Crippen molar-refractivity contribution in [2.24, 2.45) is 0 Å². The fraction of sp³-hybridized carbons (Fsp3) is 0.423. The van der Waals surface area contributed by atoms with Gasteiger partial charge in [0, 0.05) is 49.8 Å². The Labute approximate surface area is 204 Å². The minimum absolute atomic E-state index is 0.0114. The van der Waals surface area contributed by atoms with Crippen LogP contribution in [0.4, 0.5) is 4.39 Å². The van der Waals surface area contributed by atoms with Gasteiger partial charge in [0.1, 0.15) is 30.5 Å². The number of carbonyl (C=O) groups is 3. The number of benzene rings is 2. The topological polar surface area (TPSA) is 88.2 Å². The third kappa shape index (κ3) is 5.68. The summed E-state index contributed by atoms with van der Waals surface area (Å²) in [7, 11) is 1.50. The van der Waals surface area contributed by atoms with E-state index in [9.17, 15) is 18.8 Å². The SMILES string of the molecule is CNC(=O)C(CCC=O)N1Cc2c(OCc3cc(CN4CCOCC4)ccc3F)cccc2C1=O. The maximum Gasteiger partial charge on any atom is 0.255 e. The van der Waals surface area contributed by atoms with Gasteiger partial charge in [-0.15, -0.1) is 0 Å². The first-order valence-corrected chi connectivity index (χ1v) is 11.8. The molecule has 2 aromatic rings. The molecule has 2 aliphatic heterocycles. The lowest BCUT2D eigenvalue weighted by atomic mass is 10.1. The quantitative estimate of drug-likeness (QED) is 0.522. The van der Waals surface area contributed by atoms with Crippen LogP contribution >= 0.6 is 0 Å². The normalized spacial score (nSPS) is 16.6. The van der Waals surface area contributed by atoms with Crippen molar-refractivity contribution in [3.8, 4) is 5.75 Å². The number of morpholine rings is 1. The molecule has 35 heavy (non-hydrogen) atoms. The number of rotatable bonds is 10. The standard InChI is InChI=1S/C26H30FN3O5/c1-28-25(32)23(5-3-11-31)30-16-21-20(26(30)33)4-2-6-24(21)35-17-19-14-18(7-8-22(19)27)15-29-9-12-34-13-10-29/h2,4,6-8,11,14,23H,3,5,9-10,12-13,15-17H2,1H3,(H,28,32). The summed E-state index contributed by atoms with van der Waals surface area (Å²) in [5.41, 5.74) is 2.53. The summed E-state index contributed by atoms with van der Waals surface area (Å²) in [5, 5.41) is 2.57. The lowest BCUT2D eigenvalue weighted by molar-refractivity contribution is -0.125. The number of hydrogen-bond acceptors (Lipinski definition) is 6. The summed E-state index contributed by atoms with van der Waals surface area (Å²) >= 11 is 0. The van der Waals surface area contributed by atoms with E-state index in [1.165, 1.54) is 18.0 Å². The van der Waals surface area contributed by atoms with Crippen molar-refractivity contribution in [1.82, 2.24) is 15.1 Å². The van der Waals surface area contributed by atoms with Crippen molar-refractivity contribution >= 4 is 18.1 Å². The molecule has 2 amide bonds. The number of halogens is 1. The van der Waals surface area contributed by atoms with Gasteiger partial charge in [-0.05, 0) is 36.2 Å². The van der Waals surface area contributed by atoms with Crippen LogP contribution in [0, 0.1) is 5.82 Å². The van der Waals surface area contributed by atoms with E-state index in [2.05, 4.69) is 10.2 Å². The maximum absolute atomic E-state index is 14.6. The Morgan fingerprint density at radius 3 is 2.80 bits per heavy atom. The minimum Gasteiger partial charge on any atom is -0.488 e. The van der Waals surface area contributed by atoms with E-state index in [1.54, 1.807) is 24.3 Å². The van der Waals surface area contributed by atoms with Crippen molar-refractivity contribution in [2.75, 3.05) is 33.4 Å². The van der Waals surface area contributed by atoms with Crippen molar-refractivity contribution in [2.45, 2.75) is 38.6 Å². The molecule has 0 radical (unpaired) electrons. The van der Waals surface area contributed by atoms with Gasteiger partial charge in [0.15, 0.2) is 0 Å². The first-order valence-electron chi connectivity index (χ1n) is 11.8. The fourth-order valence-corrected chi connectivity index (χ4v) is 4.54. The predicted octanol–water partition coefficient (Wildman–Crippen LogP) is 2.29. The van der Waals surface area contributed by atoms with E-state index in [4.69, 9.17) is 9.47 Å². The molecule has 0 bridgehead atoms. The van der Waals surface area contributed by atoms with Crippen LogP contribution in [-0.4, -0.2) is 67.3 Å². The largest absolute Gasteiger partial charge is 0.488 e. The molecule has 0 aromatic heterocycles. The van der Waals surface area contributed by atoms with Crippen LogP contribution in [0.1, 0.15) is 39.9 Å². The summed E-state index contributed by atoms with van der Waals surface area (Å²) in [6, 6.07) is 9.43. The average molecular weight is 484 g/mol. The van der Waals surface area contributed by atoms with E-state index in [0.717, 1.165) is 24.9 Å². The summed E-state index contributed by atoms with van der Waals surface area (Å²) in [5.74, 6) is -0.491. The van der Waals surface area contributed by atoms with E-state index in [-0.39, 0.29) is 43.6 Å². The second kappa shape index (κ2) is 11.4.